The number of anilines is 1. The lowest BCUT2D eigenvalue weighted by Crippen LogP contribution is -2.50. The summed E-state index contributed by atoms with van der Waals surface area (Å²) < 4.78 is 15.6. The normalized spacial score (nSPS) is 14.6. The minimum absolute atomic E-state index is 0.0685. The molecule has 3 heterocycles. The first kappa shape index (κ1) is 18.1. The average molecular weight is 380 g/mol. The Bertz CT molecular complexity index is 1020. The van der Waals surface area contributed by atoms with Crippen molar-refractivity contribution >= 4 is 11.9 Å². The summed E-state index contributed by atoms with van der Waals surface area (Å²) in [6.45, 7) is 3.46. The summed E-state index contributed by atoms with van der Waals surface area (Å²) in [5.74, 6) is 0.154. The van der Waals surface area contributed by atoms with Crippen LogP contribution in [0.15, 0.2) is 42.7 Å². The van der Waals surface area contributed by atoms with Crippen LogP contribution in [0.4, 0.5) is 10.3 Å². The number of benzene rings is 1. The van der Waals surface area contributed by atoms with E-state index in [-0.39, 0.29) is 24.8 Å². The predicted molar refractivity (Wildman–Crippen MR) is 103 cm³/mol. The van der Waals surface area contributed by atoms with Crippen LogP contribution in [-0.4, -0.2) is 50.2 Å². The van der Waals surface area contributed by atoms with E-state index in [4.69, 9.17) is 0 Å². The minimum Gasteiger partial charge on any atom is -0.335 e. The van der Waals surface area contributed by atoms with E-state index in [2.05, 4.69) is 15.1 Å². The molecule has 0 radical (unpaired) electrons. The summed E-state index contributed by atoms with van der Waals surface area (Å²) >= 11 is 0. The number of hydrogen-bond donors (Lipinski definition) is 0. The molecule has 144 valence electrons. The van der Waals surface area contributed by atoms with Gasteiger partial charge < -0.3 is 9.80 Å². The number of rotatable bonds is 4. The Kier molecular flexibility index (Phi) is 4.77. The molecule has 1 amide bonds. The van der Waals surface area contributed by atoms with Crippen LogP contribution in [0.25, 0.3) is 11.3 Å². The van der Waals surface area contributed by atoms with E-state index >= 15 is 0 Å². The molecule has 0 aliphatic carbocycles. The summed E-state index contributed by atoms with van der Waals surface area (Å²) in [4.78, 5) is 25.1. The lowest BCUT2D eigenvalue weighted by molar-refractivity contribution is -0.131. The Labute approximate surface area is 162 Å². The van der Waals surface area contributed by atoms with Gasteiger partial charge in [-0.1, -0.05) is 18.2 Å². The van der Waals surface area contributed by atoms with Gasteiger partial charge in [0.1, 0.15) is 12.4 Å². The van der Waals surface area contributed by atoms with E-state index in [0.717, 1.165) is 17.0 Å². The Morgan fingerprint density at radius 2 is 2.00 bits per heavy atom. The molecule has 1 aliphatic heterocycles. The summed E-state index contributed by atoms with van der Waals surface area (Å²) in [5.41, 5.74) is 3.13. The van der Waals surface area contributed by atoms with Gasteiger partial charge in [-0.3, -0.25) is 9.48 Å². The van der Waals surface area contributed by atoms with Gasteiger partial charge in [0, 0.05) is 50.2 Å². The lowest BCUT2D eigenvalue weighted by atomic mass is 10.2. The maximum absolute atomic E-state index is 13.9. The van der Waals surface area contributed by atoms with Crippen LogP contribution in [0.3, 0.4) is 0 Å². The van der Waals surface area contributed by atoms with Gasteiger partial charge in [0.05, 0.1) is 11.4 Å². The molecule has 2 aromatic heterocycles. The molecule has 7 nitrogen and oxygen atoms in total. The molecule has 0 saturated carbocycles. The van der Waals surface area contributed by atoms with E-state index in [0.29, 0.717) is 24.6 Å². The second-order valence-corrected chi connectivity index (χ2v) is 6.87. The van der Waals surface area contributed by atoms with Crippen LogP contribution in [0.1, 0.15) is 11.3 Å². The number of aromatic nitrogens is 4. The second-order valence-electron chi connectivity index (χ2n) is 6.87. The van der Waals surface area contributed by atoms with Crippen LogP contribution >= 0.6 is 0 Å². The molecule has 0 unspecified atom stereocenters. The largest absolute Gasteiger partial charge is 0.335 e. The molecule has 3 aromatic rings. The zero-order valence-electron chi connectivity index (χ0n) is 15.8. The van der Waals surface area contributed by atoms with Gasteiger partial charge in [-0.05, 0) is 19.1 Å². The van der Waals surface area contributed by atoms with Crippen molar-refractivity contribution in [3.05, 3.63) is 59.8 Å². The summed E-state index contributed by atoms with van der Waals surface area (Å²) in [5, 5.41) is 4.35. The maximum Gasteiger partial charge on any atom is 0.242 e. The summed E-state index contributed by atoms with van der Waals surface area (Å²) in [6, 6.07) is 8.38. The van der Waals surface area contributed by atoms with Crippen LogP contribution in [0, 0.1) is 12.7 Å². The Morgan fingerprint density at radius 3 is 2.71 bits per heavy atom. The number of piperazine rings is 1. The van der Waals surface area contributed by atoms with Crippen molar-refractivity contribution in [3.8, 4) is 11.3 Å². The van der Waals surface area contributed by atoms with Crippen molar-refractivity contribution < 1.29 is 9.18 Å². The number of carbonyl (C=O) groups excluding carboxylic acids is 1. The molecule has 0 bridgehead atoms. The zero-order chi connectivity index (χ0) is 19.7. The third kappa shape index (κ3) is 3.58. The maximum atomic E-state index is 13.9. The second kappa shape index (κ2) is 7.38. The van der Waals surface area contributed by atoms with Crippen molar-refractivity contribution in [2.75, 3.05) is 24.5 Å². The van der Waals surface area contributed by atoms with E-state index in [1.165, 1.54) is 6.07 Å². The quantitative estimate of drug-likeness (QED) is 0.694. The fourth-order valence-corrected chi connectivity index (χ4v) is 3.38. The number of carbonyl (C=O) groups is 1. The number of aryl methyl sites for hydroxylation is 2. The molecule has 0 N–H and O–H groups in total. The van der Waals surface area contributed by atoms with Gasteiger partial charge in [-0.15, -0.1) is 0 Å². The van der Waals surface area contributed by atoms with Gasteiger partial charge in [0.15, 0.2) is 0 Å². The first-order valence-corrected chi connectivity index (χ1v) is 9.11. The first-order chi connectivity index (χ1) is 13.5. The number of halogens is 1. The standard InChI is InChI=1S/C20H21FN6O/c1-14-16(12-25(2)24-14)18-7-8-22-20(23-18)27-10-9-26(19(28)13-27)11-15-5-3-4-6-17(15)21/h3-8,12H,9-11,13H2,1-2H3. The van der Waals surface area contributed by atoms with Gasteiger partial charge in [-0.25, -0.2) is 14.4 Å². The zero-order valence-corrected chi connectivity index (χ0v) is 15.8. The Hall–Kier alpha value is -3.29. The summed E-state index contributed by atoms with van der Waals surface area (Å²) in [7, 11) is 1.87. The third-order valence-corrected chi connectivity index (χ3v) is 4.85. The molecule has 1 saturated heterocycles. The molecule has 4 rings (SSSR count). The van der Waals surface area contributed by atoms with Crippen molar-refractivity contribution in [2.24, 2.45) is 7.05 Å². The molecule has 1 aromatic carbocycles. The number of amides is 1. The molecule has 0 atom stereocenters. The molecule has 8 heteroatoms. The smallest absolute Gasteiger partial charge is 0.242 e. The Morgan fingerprint density at radius 1 is 1.18 bits per heavy atom. The molecule has 28 heavy (non-hydrogen) atoms. The summed E-state index contributed by atoms with van der Waals surface area (Å²) in [6.07, 6.45) is 3.61. The van der Waals surface area contributed by atoms with E-state index in [9.17, 15) is 9.18 Å². The number of hydrogen-bond acceptors (Lipinski definition) is 5. The molecule has 1 aliphatic rings. The SMILES string of the molecule is Cc1nn(C)cc1-c1ccnc(N2CCN(Cc3ccccc3F)C(=O)C2)n1. The highest BCUT2D eigenvalue weighted by Crippen LogP contribution is 2.22. The van der Waals surface area contributed by atoms with Crippen molar-refractivity contribution in [1.82, 2.24) is 24.6 Å². The highest BCUT2D eigenvalue weighted by Gasteiger charge is 2.26. The van der Waals surface area contributed by atoms with E-state index < -0.39 is 0 Å². The Balaban J connectivity index is 1.49. The predicted octanol–water partition coefficient (Wildman–Crippen LogP) is 2.17. The van der Waals surface area contributed by atoms with Crippen molar-refractivity contribution in [2.45, 2.75) is 13.5 Å². The van der Waals surface area contributed by atoms with Gasteiger partial charge in [0.25, 0.3) is 0 Å². The molecule has 1 fully saturated rings. The van der Waals surface area contributed by atoms with E-state index in [1.807, 2.05) is 31.1 Å². The molecule has 0 spiro atoms. The fourth-order valence-electron chi connectivity index (χ4n) is 3.38. The highest BCUT2D eigenvalue weighted by atomic mass is 19.1. The topological polar surface area (TPSA) is 67.2 Å². The lowest BCUT2D eigenvalue weighted by Gasteiger charge is -2.34. The van der Waals surface area contributed by atoms with Crippen LogP contribution in [0.2, 0.25) is 0 Å². The van der Waals surface area contributed by atoms with Crippen molar-refractivity contribution in [3.63, 3.8) is 0 Å². The fraction of sp³-hybridized carbons (Fsp3) is 0.300. The van der Waals surface area contributed by atoms with Gasteiger partial charge in [0.2, 0.25) is 11.9 Å². The molecular formula is C20H21FN6O. The highest BCUT2D eigenvalue weighted by molar-refractivity contribution is 5.82. The van der Waals surface area contributed by atoms with Gasteiger partial charge >= 0.3 is 0 Å². The molecular weight excluding hydrogens is 359 g/mol. The first-order valence-electron chi connectivity index (χ1n) is 9.11. The van der Waals surface area contributed by atoms with Crippen molar-refractivity contribution in [1.29, 1.82) is 0 Å². The third-order valence-electron chi connectivity index (χ3n) is 4.85. The van der Waals surface area contributed by atoms with Crippen LogP contribution < -0.4 is 4.90 Å². The minimum atomic E-state index is -0.291. The van der Waals surface area contributed by atoms with Gasteiger partial charge in [-0.2, -0.15) is 5.10 Å². The number of nitrogens with zero attached hydrogens (tertiary/aromatic N) is 6. The van der Waals surface area contributed by atoms with E-state index in [1.54, 1.807) is 34.0 Å². The van der Waals surface area contributed by atoms with Crippen LogP contribution in [-0.2, 0) is 18.4 Å². The monoisotopic (exact) mass is 380 g/mol. The average Bonchev–Trinajstić information content (AvgIpc) is 3.03. The van der Waals surface area contributed by atoms with Crippen LogP contribution in [0.5, 0.6) is 0 Å².